The number of pyridine rings is 1. The highest BCUT2D eigenvalue weighted by atomic mass is 16.6. The van der Waals surface area contributed by atoms with Crippen molar-refractivity contribution in [3.8, 4) is 0 Å². The molecule has 3 atom stereocenters. The summed E-state index contributed by atoms with van der Waals surface area (Å²) in [6, 6.07) is 15.3. The second-order valence-corrected chi connectivity index (χ2v) is 8.09. The lowest BCUT2D eigenvalue weighted by Gasteiger charge is -2.43. The maximum atomic E-state index is 13.7. The molecule has 2 aromatic heterocycles. The average Bonchev–Trinajstić information content (AvgIpc) is 2.80. The lowest BCUT2D eigenvalue weighted by molar-refractivity contribution is -0.170. The summed E-state index contributed by atoms with van der Waals surface area (Å²) in [5, 5.41) is 0. The number of fused-ring (bicyclic) bond motifs is 4. The van der Waals surface area contributed by atoms with Crippen LogP contribution < -0.4 is 10.5 Å². The third-order valence-corrected chi connectivity index (χ3v) is 6.15. The standard InChI is InChI=1S/C24H23N3O5/c1-2-31-23(29)20-18-16(14-32-24(20)30)13-26(12-15-8-4-3-5-9-15)21-19(18)22(28)27-11-7-6-10-17(27)25-21/h3-11,16,18,20H,2,12-14H2,1H3/t16-,18+,20+/m0/s1. The molecule has 0 amide bonds. The number of cyclic esters (lactones) is 1. The van der Waals surface area contributed by atoms with Gasteiger partial charge in [-0.3, -0.25) is 18.8 Å². The van der Waals surface area contributed by atoms with Gasteiger partial charge in [0.05, 0.1) is 18.8 Å². The molecule has 0 unspecified atom stereocenters. The van der Waals surface area contributed by atoms with Gasteiger partial charge in [0.15, 0.2) is 5.92 Å². The summed E-state index contributed by atoms with van der Waals surface area (Å²) >= 11 is 0. The first-order valence-corrected chi connectivity index (χ1v) is 10.7. The predicted molar refractivity (Wildman–Crippen MR) is 116 cm³/mol. The molecule has 2 aliphatic rings. The van der Waals surface area contributed by atoms with Gasteiger partial charge < -0.3 is 14.4 Å². The summed E-state index contributed by atoms with van der Waals surface area (Å²) in [4.78, 5) is 45.9. The van der Waals surface area contributed by atoms with Crippen molar-refractivity contribution in [2.24, 2.45) is 11.8 Å². The number of nitrogens with zero attached hydrogens (tertiary/aromatic N) is 3. The van der Waals surface area contributed by atoms with Gasteiger partial charge in [-0.15, -0.1) is 0 Å². The second-order valence-electron chi connectivity index (χ2n) is 8.09. The number of carbonyl (C=O) groups is 2. The van der Waals surface area contributed by atoms with Crippen molar-refractivity contribution in [3.63, 3.8) is 0 Å². The van der Waals surface area contributed by atoms with Crippen LogP contribution in [0.5, 0.6) is 0 Å². The van der Waals surface area contributed by atoms with E-state index in [1.807, 2.05) is 41.3 Å². The number of esters is 2. The highest BCUT2D eigenvalue weighted by molar-refractivity contribution is 5.97. The van der Waals surface area contributed by atoms with Crippen LogP contribution in [0.15, 0.2) is 59.5 Å². The van der Waals surface area contributed by atoms with Crippen molar-refractivity contribution in [1.82, 2.24) is 9.38 Å². The molecule has 1 fully saturated rings. The first kappa shape index (κ1) is 20.2. The van der Waals surface area contributed by atoms with E-state index in [2.05, 4.69) is 0 Å². The molecule has 0 aliphatic carbocycles. The molecule has 5 rings (SSSR count). The van der Waals surface area contributed by atoms with E-state index < -0.39 is 23.8 Å². The van der Waals surface area contributed by atoms with E-state index in [9.17, 15) is 14.4 Å². The quantitative estimate of drug-likeness (QED) is 0.460. The molecule has 1 aromatic carbocycles. The van der Waals surface area contributed by atoms with E-state index in [1.54, 1.807) is 25.3 Å². The van der Waals surface area contributed by atoms with Crippen molar-refractivity contribution in [1.29, 1.82) is 0 Å². The molecule has 3 aromatic rings. The number of hydrogen-bond donors (Lipinski definition) is 0. The van der Waals surface area contributed by atoms with E-state index in [4.69, 9.17) is 14.5 Å². The average molecular weight is 433 g/mol. The Hall–Kier alpha value is -3.68. The lowest BCUT2D eigenvalue weighted by atomic mass is 9.73. The van der Waals surface area contributed by atoms with E-state index >= 15 is 0 Å². The van der Waals surface area contributed by atoms with Gasteiger partial charge in [0.25, 0.3) is 5.56 Å². The fraction of sp³-hybridized carbons (Fsp3) is 0.333. The van der Waals surface area contributed by atoms with Crippen LogP contribution >= 0.6 is 0 Å². The molecule has 0 spiro atoms. The highest BCUT2D eigenvalue weighted by Gasteiger charge is 2.51. The number of benzene rings is 1. The van der Waals surface area contributed by atoms with Crippen LogP contribution in [0.25, 0.3) is 5.65 Å². The smallest absolute Gasteiger partial charge is 0.320 e. The minimum Gasteiger partial charge on any atom is -0.465 e. The van der Waals surface area contributed by atoms with Gasteiger partial charge >= 0.3 is 11.9 Å². The minimum atomic E-state index is -1.18. The summed E-state index contributed by atoms with van der Waals surface area (Å²) in [6.45, 7) is 3.02. The Morgan fingerprint density at radius 1 is 1.16 bits per heavy atom. The molecule has 0 bridgehead atoms. The van der Waals surface area contributed by atoms with Gasteiger partial charge in [0, 0.05) is 31.1 Å². The Kier molecular flexibility index (Phi) is 5.13. The molecule has 164 valence electrons. The van der Waals surface area contributed by atoms with Crippen molar-refractivity contribution >= 4 is 23.4 Å². The topological polar surface area (TPSA) is 90.2 Å². The highest BCUT2D eigenvalue weighted by Crippen LogP contribution is 2.44. The van der Waals surface area contributed by atoms with Crippen LogP contribution in [0.2, 0.25) is 0 Å². The summed E-state index contributed by atoms with van der Waals surface area (Å²) in [7, 11) is 0. The molecule has 8 heteroatoms. The molecule has 8 nitrogen and oxygen atoms in total. The van der Waals surface area contributed by atoms with Gasteiger partial charge in [0.2, 0.25) is 0 Å². The fourth-order valence-electron chi connectivity index (χ4n) is 4.78. The zero-order valence-electron chi connectivity index (χ0n) is 17.6. The number of rotatable bonds is 4. The summed E-state index contributed by atoms with van der Waals surface area (Å²) < 4.78 is 12.0. The predicted octanol–water partition coefficient (Wildman–Crippen LogP) is 2.15. The van der Waals surface area contributed by atoms with E-state index in [0.717, 1.165) is 5.56 Å². The number of aromatic nitrogens is 2. The van der Waals surface area contributed by atoms with Crippen molar-refractivity contribution < 1.29 is 19.1 Å². The van der Waals surface area contributed by atoms with E-state index in [-0.39, 0.29) is 24.7 Å². The zero-order valence-corrected chi connectivity index (χ0v) is 17.6. The van der Waals surface area contributed by atoms with Crippen LogP contribution in [-0.2, 0) is 25.6 Å². The van der Waals surface area contributed by atoms with Crippen LogP contribution in [0, 0.1) is 11.8 Å². The third kappa shape index (κ3) is 3.32. The maximum absolute atomic E-state index is 13.7. The SMILES string of the molecule is CCOC(=O)[C@@H]1C(=O)OC[C@@H]2CN(Cc3ccccc3)c3nc4ccccn4c(=O)c3[C@@H]21. The van der Waals surface area contributed by atoms with Gasteiger partial charge in [-0.2, -0.15) is 0 Å². The zero-order chi connectivity index (χ0) is 22.2. The summed E-state index contributed by atoms with van der Waals surface area (Å²) in [6.07, 6.45) is 1.65. The minimum absolute atomic E-state index is 0.140. The molecule has 0 N–H and O–H groups in total. The van der Waals surface area contributed by atoms with Crippen LogP contribution in [0.1, 0.15) is 24.0 Å². The van der Waals surface area contributed by atoms with Gasteiger partial charge in [-0.05, 0) is 24.6 Å². The van der Waals surface area contributed by atoms with Crippen molar-refractivity contribution in [3.05, 3.63) is 76.2 Å². The Morgan fingerprint density at radius 3 is 2.72 bits per heavy atom. The number of anilines is 1. The van der Waals surface area contributed by atoms with Crippen molar-refractivity contribution in [2.45, 2.75) is 19.4 Å². The lowest BCUT2D eigenvalue weighted by Crippen LogP contribution is -2.52. The van der Waals surface area contributed by atoms with Gasteiger partial charge in [-0.1, -0.05) is 36.4 Å². The molecule has 2 aliphatic heterocycles. The maximum Gasteiger partial charge on any atom is 0.320 e. The Bertz CT molecular complexity index is 1240. The molecule has 0 radical (unpaired) electrons. The summed E-state index contributed by atoms with van der Waals surface area (Å²) in [5.41, 5.74) is 1.68. The number of hydrogen-bond acceptors (Lipinski definition) is 7. The van der Waals surface area contributed by atoms with Gasteiger partial charge in [0.1, 0.15) is 11.5 Å². The van der Waals surface area contributed by atoms with E-state index in [0.29, 0.717) is 30.1 Å². The third-order valence-electron chi connectivity index (χ3n) is 6.15. The molecule has 32 heavy (non-hydrogen) atoms. The monoisotopic (exact) mass is 433 g/mol. The molecule has 4 heterocycles. The van der Waals surface area contributed by atoms with Crippen LogP contribution in [0.3, 0.4) is 0 Å². The Labute approximate surface area is 184 Å². The fourth-order valence-corrected chi connectivity index (χ4v) is 4.78. The largest absolute Gasteiger partial charge is 0.465 e. The Balaban J connectivity index is 1.70. The van der Waals surface area contributed by atoms with Crippen molar-refractivity contribution in [2.75, 3.05) is 24.7 Å². The number of carbonyl (C=O) groups excluding carboxylic acids is 2. The molecular formula is C24H23N3O5. The van der Waals surface area contributed by atoms with Crippen LogP contribution in [-0.4, -0.2) is 41.1 Å². The molecule has 0 saturated carbocycles. The Morgan fingerprint density at radius 2 is 1.94 bits per heavy atom. The molecular weight excluding hydrogens is 410 g/mol. The second kappa shape index (κ2) is 8.11. The first-order valence-electron chi connectivity index (χ1n) is 10.7. The number of ether oxygens (including phenoxy) is 2. The van der Waals surface area contributed by atoms with Gasteiger partial charge in [-0.25, -0.2) is 4.98 Å². The first-order chi connectivity index (χ1) is 15.6. The molecule has 1 saturated heterocycles. The van der Waals surface area contributed by atoms with Crippen LogP contribution in [0.4, 0.5) is 5.82 Å². The summed E-state index contributed by atoms with van der Waals surface area (Å²) in [5.74, 6) is -2.85. The van der Waals surface area contributed by atoms with E-state index in [1.165, 1.54) is 4.40 Å². The normalized spacial score (nSPS) is 22.1.